The predicted molar refractivity (Wildman–Crippen MR) is 135 cm³/mol. The Morgan fingerprint density at radius 3 is 1.88 bits per heavy atom. The van der Waals surface area contributed by atoms with Crippen molar-refractivity contribution in [3.8, 4) is 11.5 Å². The normalized spacial score (nSPS) is 10.7. The lowest BCUT2D eigenvalue weighted by Gasteiger charge is -2.14. The topological polar surface area (TPSA) is 35.5 Å². The van der Waals surface area contributed by atoms with Crippen molar-refractivity contribution in [2.45, 2.75) is 71.5 Å². The highest BCUT2D eigenvalue weighted by atomic mass is 16.5. The molecule has 0 saturated carbocycles. The number of carbonyl (C=O) groups excluding carboxylic acids is 1. The Morgan fingerprint density at radius 2 is 1.24 bits per heavy atom. The fourth-order valence-corrected chi connectivity index (χ4v) is 3.80. The molecule has 0 aromatic heterocycles. The van der Waals surface area contributed by atoms with Crippen molar-refractivity contribution in [2.75, 3.05) is 0 Å². The molecule has 0 bridgehead atoms. The molecule has 0 fully saturated rings. The van der Waals surface area contributed by atoms with E-state index in [1.165, 1.54) is 32.1 Å². The van der Waals surface area contributed by atoms with Gasteiger partial charge >= 0.3 is 0 Å². The monoisotopic (exact) mass is 444 g/mol. The first-order valence-electron chi connectivity index (χ1n) is 12.3. The molecular weight excluding hydrogens is 408 g/mol. The summed E-state index contributed by atoms with van der Waals surface area (Å²) in [6.07, 6.45) is 8.92. The molecule has 0 aliphatic rings. The van der Waals surface area contributed by atoms with E-state index in [4.69, 9.17) is 9.47 Å². The first kappa shape index (κ1) is 24.6. The lowest BCUT2D eigenvalue weighted by atomic mass is 10.0. The van der Waals surface area contributed by atoms with Gasteiger partial charge in [0, 0.05) is 12.5 Å². The number of benzene rings is 3. The quantitative estimate of drug-likeness (QED) is 0.175. The van der Waals surface area contributed by atoms with Crippen LogP contribution in [0.2, 0.25) is 0 Å². The fraction of sp³-hybridized carbons (Fsp3) is 0.367. The molecule has 0 spiro atoms. The maximum atomic E-state index is 13.0. The van der Waals surface area contributed by atoms with Crippen molar-refractivity contribution in [1.29, 1.82) is 0 Å². The van der Waals surface area contributed by atoms with Gasteiger partial charge in [0.1, 0.15) is 24.7 Å². The smallest absolute Gasteiger partial charge is 0.166 e. The zero-order valence-corrected chi connectivity index (χ0v) is 19.8. The van der Waals surface area contributed by atoms with Crippen LogP contribution in [0, 0.1) is 0 Å². The van der Waals surface area contributed by atoms with Gasteiger partial charge in [0.15, 0.2) is 5.78 Å². The third-order valence-electron chi connectivity index (χ3n) is 5.75. The van der Waals surface area contributed by atoms with Gasteiger partial charge in [-0.15, -0.1) is 0 Å². The van der Waals surface area contributed by atoms with Gasteiger partial charge in [-0.2, -0.15) is 0 Å². The second-order valence-electron chi connectivity index (χ2n) is 8.50. The molecule has 3 rings (SSSR count). The van der Waals surface area contributed by atoms with E-state index in [-0.39, 0.29) is 5.78 Å². The van der Waals surface area contributed by atoms with Crippen molar-refractivity contribution >= 4 is 5.78 Å². The Balaban J connectivity index is 1.62. The lowest BCUT2D eigenvalue weighted by Crippen LogP contribution is -2.05. The van der Waals surface area contributed by atoms with Crippen molar-refractivity contribution in [3.05, 3.63) is 95.6 Å². The van der Waals surface area contributed by atoms with Gasteiger partial charge in [-0.05, 0) is 29.7 Å². The van der Waals surface area contributed by atoms with E-state index in [0.717, 1.165) is 24.0 Å². The molecule has 33 heavy (non-hydrogen) atoms. The fourth-order valence-electron chi connectivity index (χ4n) is 3.80. The van der Waals surface area contributed by atoms with Gasteiger partial charge < -0.3 is 9.47 Å². The van der Waals surface area contributed by atoms with Gasteiger partial charge in [-0.25, -0.2) is 0 Å². The van der Waals surface area contributed by atoms with Crippen molar-refractivity contribution in [3.63, 3.8) is 0 Å². The molecule has 0 saturated heterocycles. The minimum Gasteiger partial charge on any atom is -0.489 e. The van der Waals surface area contributed by atoms with Gasteiger partial charge in [-0.3, -0.25) is 4.79 Å². The third-order valence-corrected chi connectivity index (χ3v) is 5.75. The van der Waals surface area contributed by atoms with Crippen LogP contribution < -0.4 is 9.47 Å². The molecule has 3 aromatic rings. The van der Waals surface area contributed by atoms with E-state index in [0.29, 0.717) is 36.7 Å². The number of ketones is 1. The zero-order valence-electron chi connectivity index (χ0n) is 19.8. The molecule has 0 radical (unpaired) electrons. The molecule has 0 heterocycles. The highest BCUT2D eigenvalue weighted by Gasteiger charge is 2.14. The van der Waals surface area contributed by atoms with Crippen molar-refractivity contribution < 1.29 is 14.3 Å². The standard InChI is InChI=1S/C30H36O3/c1-2-3-4-5-6-7-14-19-29(31)28-21-20-27(32-23-25-15-10-8-11-16-25)22-30(28)33-24-26-17-12-9-13-18-26/h8-13,15-18,20-22H,2-7,14,19,23-24H2,1H3. The molecule has 0 unspecified atom stereocenters. The van der Waals surface area contributed by atoms with E-state index in [1.807, 2.05) is 78.9 Å². The summed E-state index contributed by atoms with van der Waals surface area (Å²) in [5.74, 6) is 1.44. The van der Waals surface area contributed by atoms with Crippen LogP contribution in [-0.2, 0) is 13.2 Å². The Morgan fingerprint density at radius 1 is 0.667 bits per heavy atom. The van der Waals surface area contributed by atoms with E-state index in [9.17, 15) is 4.79 Å². The van der Waals surface area contributed by atoms with Crippen molar-refractivity contribution in [1.82, 2.24) is 0 Å². The summed E-state index contributed by atoms with van der Waals surface area (Å²) in [4.78, 5) is 13.0. The first-order valence-corrected chi connectivity index (χ1v) is 12.3. The van der Waals surface area contributed by atoms with E-state index in [2.05, 4.69) is 6.92 Å². The van der Waals surface area contributed by atoms with Crippen LogP contribution in [0.3, 0.4) is 0 Å². The number of ether oxygens (including phenoxy) is 2. The molecule has 0 atom stereocenters. The van der Waals surface area contributed by atoms with Crippen LogP contribution in [0.1, 0.15) is 79.8 Å². The van der Waals surface area contributed by atoms with Crippen LogP contribution in [0.5, 0.6) is 11.5 Å². The van der Waals surface area contributed by atoms with Crippen LogP contribution in [0.4, 0.5) is 0 Å². The Kier molecular flexibility index (Phi) is 10.5. The summed E-state index contributed by atoms with van der Waals surface area (Å²) in [6.45, 7) is 3.12. The first-order chi connectivity index (χ1) is 16.3. The molecule has 0 amide bonds. The molecule has 174 valence electrons. The minimum absolute atomic E-state index is 0.140. The summed E-state index contributed by atoms with van der Waals surface area (Å²) >= 11 is 0. The maximum absolute atomic E-state index is 13.0. The van der Waals surface area contributed by atoms with Gasteiger partial charge in [0.2, 0.25) is 0 Å². The number of hydrogen-bond donors (Lipinski definition) is 0. The Bertz CT molecular complexity index is 951. The summed E-state index contributed by atoms with van der Waals surface area (Å²) in [6, 6.07) is 25.6. The van der Waals surface area contributed by atoms with Gasteiger partial charge in [0.05, 0.1) is 5.56 Å². The molecule has 0 N–H and O–H groups in total. The van der Waals surface area contributed by atoms with Crippen LogP contribution in [-0.4, -0.2) is 5.78 Å². The van der Waals surface area contributed by atoms with Crippen LogP contribution in [0.15, 0.2) is 78.9 Å². The van der Waals surface area contributed by atoms with Gasteiger partial charge in [0.25, 0.3) is 0 Å². The number of rotatable bonds is 15. The Hall–Kier alpha value is -3.07. The number of unbranched alkanes of at least 4 members (excludes halogenated alkanes) is 6. The second kappa shape index (κ2) is 14.2. The van der Waals surface area contributed by atoms with Crippen molar-refractivity contribution in [2.24, 2.45) is 0 Å². The molecule has 0 aliphatic heterocycles. The Labute approximate surface area is 198 Å². The molecule has 3 nitrogen and oxygen atoms in total. The highest BCUT2D eigenvalue weighted by molar-refractivity contribution is 5.98. The third kappa shape index (κ3) is 8.76. The average Bonchev–Trinajstić information content (AvgIpc) is 2.87. The molecule has 3 aromatic carbocycles. The predicted octanol–water partition coefficient (Wildman–Crippen LogP) is 8.17. The number of carbonyl (C=O) groups is 1. The van der Waals surface area contributed by atoms with Crippen LogP contribution >= 0.6 is 0 Å². The molecular formula is C30H36O3. The maximum Gasteiger partial charge on any atom is 0.166 e. The second-order valence-corrected chi connectivity index (χ2v) is 8.50. The average molecular weight is 445 g/mol. The lowest BCUT2D eigenvalue weighted by molar-refractivity contribution is 0.0974. The number of hydrogen-bond acceptors (Lipinski definition) is 3. The number of Topliss-reactive ketones (excluding diaryl/α,β-unsaturated/α-hetero) is 1. The van der Waals surface area contributed by atoms with E-state index < -0.39 is 0 Å². The van der Waals surface area contributed by atoms with E-state index >= 15 is 0 Å². The summed E-state index contributed by atoms with van der Waals surface area (Å²) in [5, 5.41) is 0. The SMILES string of the molecule is CCCCCCCCCC(=O)c1ccc(OCc2ccccc2)cc1OCc1ccccc1. The van der Waals surface area contributed by atoms with Gasteiger partial charge in [-0.1, -0.05) is 106 Å². The summed E-state index contributed by atoms with van der Waals surface area (Å²) < 4.78 is 12.1. The zero-order chi connectivity index (χ0) is 23.1. The molecule has 0 aliphatic carbocycles. The highest BCUT2D eigenvalue weighted by Crippen LogP contribution is 2.28. The summed E-state index contributed by atoms with van der Waals surface area (Å²) in [7, 11) is 0. The summed E-state index contributed by atoms with van der Waals surface area (Å²) in [5.41, 5.74) is 2.81. The minimum atomic E-state index is 0.140. The largest absolute Gasteiger partial charge is 0.489 e. The van der Waals surface area contributed by atoms with E-state index in [1.54, 1.807) is 0 Å². The molecule has 3 heteroatoms. The van der Waals surface area contributed by atoms with Crippen LogP contribution in [0.25, 0.3) is 0 Å².